The Hall–Kier alpha value is -3.01. The van der Waals surface area contributed by atoms with E-state index in [1.54, 1.807) is 54.6 Å². The molecule has 0 radical (unpaired) electrons. The third kappa shape index (κ3) is 5.63. The Morgan fingerprint density at radius 3 is 2.20 bits per heavy atom. The summed E-state index contributed by atoms with van der Waals surface area (Å²) in [6.45, 7) is 1.82. The molecule has 234 valence electrons. The lowest BCUT2D eigenvalue weighted by Crippen LogP contribution is -2.48. The number of rotatable bonds is 10. The summed E-state index contributed by atoms with van der Waals surface area (Å²) in [5.74, 6) is -2.59. The molecule has 0 bridgehead atoms. The number of benzene rings is 3. The Bertz CT molecular complexity index is 1530. The summed E-state index contributed by atoms with van der Waals surface area (Å²) < 4.78 is 22.9. The molecule has 3 aromatic carbocycles. The lowest BCUT2D eigenvalue weighted by molar-refractivity contribution is -0.138. The third-order valence-corrected chi connectivity index (χ3v) is 9.86. The van der Waals surface area contributed by atoms with Crippen LogP contribution >= 0.6 is 23.2 Å². The van der Waals surface area contributed by atoms with Crippen molar-refractivity contribution in [2.24, 2.45) is 5.92 Å². The number of fused-ring (bicyclic) bond motifs is 1. The van der Waals surface area contributed by atoms with Crippen LogP contribution in [0, 0.1) is 11.7 Å². The van der Waals surface area contributed by atoms with Crippen LogP contribution in [-0.4, -0.2) is 45.3 Å². The van der Waals surface area contributed by atoms with Gasteiger partial charge in [0.1, 0.15) is 5.82 Å². The van der Waals surface area contributed by atoms with Gasteiger partial charge in [-0.25, -0.2) is 4.39 Å². The number of methoxy groups -OCH3 is 1. The van der Waals surface area contributed by atoms with Crippen molar-refractivity contribution in [1.29, 1.82) is 0 Å². The van der Waals surface area contributed by atoms with Crippen LogP contribution < -0.4 is 0 Å². The summed E-state index contributed by atoms with van der Waals surface area (Å²) in [6.07, 6.45) is 1.76. The van der Waals surface area contributed by atoms with Gasteiger partial charge in [0.05, 0.1) is 28.9 Å². The summed E-state index contributed by atoms with van der Waals surface area (Å²) in [5, 5.41) is 32.6. The summed E-state index contributed by atoms with van der Waals surface area (Å²) in [5.41, 5.74) is -1.93. The average molecular weight is 645 g/mol. The number of carbonyl (C=O) groups is 2. The number of carboxylic acid groups (broad SMARTS) is 1. The number of aliphatic hydroxyl groups is 2. The molecule has 3 aromatic rings. The number of aliphatic carboxylic acids is 1. The van der Waals surface area contributed by atoms with Crippen LogP contribution in [0.15, 0.2) is 60.7 Å². The van der Waals surface area contributed by atoms with E-state index in [0.29, 0.717) is 46.9 Å². The first-order chi connectivity index (χ1) is 21.0. The number of hydrogen-bond donors (Lipinski definition) is 3. The van der Waals surface area contributed by atoms with Gasteiger partial charge < -0.3 is 20.1 Å². The maximum atomic E-state index is 16.7. The molecule has 10 heteroatoms. The van der Waals surface area contributed by atoms with Crippen LogP contribution in [0.2, 0.25) is 10.0 Å². The average Bonchev–Trinajstić information content (AvgIpc) is 3.27. The molecule has 1 aliphatic heterocycles. The number of carbonyl (C=O) groups excluding carboxylic acids is 1. The maximum absolute atomic E-state index is 16.7. The monoisotopic (exact) mass is 643 g/mol. The normalized spacial score (nSPS) is 23.7. The molecular formula is C34H36Cl2FNO6. The quantitative estimate of drug-likeness (QED) is 0.216. The summed E-state index contributed by atoms with van der Waals surface area (Å²) in [4.78, 5) is 27.8. The number of nitrogens with zero attached hydrogens (tertiary/aromatic N) is 1. The Balaban J connectivity index is 1.74. The fourth-order valence-electron chi connectivity index (χ4n) is 7.07. The minimum Gasteiger partial charge on any atom is -0.481 e. The van der Waals surface area contributed by atoms with Gasteiger partial charge in [-0.3, -0.25) is 14.5 Å². The van der Waals surface area contributed by atoms with E-state index < -0.39 is 41.2 Å². The van der Waals surface area contributed by atoms with E-state index in [2.05, 4.69) is 0 Å². The highest BCUT2D eigenvalue weighted by Crippen LogP contribution is 2.53. The largest absolute Gasteiger partial charge is 0.481 e. The van der Waals surface area contributed by atoms with Gasteiger partial charge >= 0.3 is 5.97 Å². The number of carboxylic acids is 1. The number of hydrogen-bond acceptors (Lipinski definition) is 5. The molecule has 1 aliphatic carbocycles. The SMILES string of the molecule is CCC(O)(c1cc(F)c2c(c1)C(=O)N(C(CCC(=O)O)c1ccc(Cl)cc1)[C@@]2(OC)c1ccc(Cl)cc1)C1CCC(O)CC1. The molecule has 0 spiro atoms. The summed E-state index contributed by atoms with van der Waals surface area (Å²) in [7, 11) is 1.38. The van der Waals surface area contributed by atoms with E-state index in [-0.39, 0.29) is 41.9 Å². The first kappa shape index (κ1) is 32.4. The van der Waals surface area contributed by atoms with Crippen molar-refractivity contribution in [3.63, 3.8) is 0 Å². The minimum absolute atomic E-state index is 0.00711. The van der Waals surface area contributed by atoms with Crippen LogP contribution in [0.3, 0.4) is 0 Å². The van der Waals surface area contributed by atoms with Crippen LogP contribution in [0.25, 0.3) is 0 Å². The standard InChI is InChI=1S/C34H36Cl2FNO6/c1-3-33(43,21-8-14-26(39)15-9-21)23-18-27-31(28(37)19-23)34(44-2,22-6-12-25(36)13-7-22)38(32(27)42)29(16-17-30(40)41)20-4-10-24(35)11-5-20/h4-7,10-13,18-19,21,26,29,39,43H,3,8-9,14-17H2,1-2H3,(H,40,41)/t21?,26?,29?,33?,34-/m1/s1. The van der Waals surface area contributed by atoms with E-state index in [0.717, 1.165) is 0 Å². The van der Waals surface area contributed by atoms with Crippen molar-refractivity contribution in [2.75, 3.05) is 7.11 Å². The highest BCUT2D eigenvalue weighted by atomic mass is 35.5. The zero-order valence-electron chi connectivity index (χ0n) is 24.6. The lowest BCUT2D eigenvalue weighted by atomic mass is 9.71. The smallest absolute Gasteiger partial charge is 0.303 e. The molecule has 0 saturated heterocycles. The molecule has 7 nitrogen and oxygen atoms in total. The first-order valence-corrected chi connectivity index (χ1v) is 15.6. The molecule has 5 rings (SSSR count). The van der Waals surface area contributed by atoms with Gasteiger partial charge in [-0.05, 0) is 92.0 Å². The molecule has 1 fully saturated rings. The predicted molar refractivity (Wildman–Crippen MR) is 165 cm³/mol. The molecule has 1 saturated carbocycles. The molecule has 44 heavy (non-hydrogen) atoms. The van der Waals surface area contributed by atoms with E-state index >= 15 is 4.39 Å². The molecule has 3 atom stereocenters. The second-order valence-corrected chi connectivity index (χ2v) is 12.6. The first-order valence-electron chi connectivity index (χ1n) is 14.8. The predicted octanol–water partition coefficient (Wildman–Crippen LogP) is 7.19. The molecule has 2 unspecified atom stereocenters. The molecule has 1 amide bonds. The maximum Gasteiger partial charge on any atom is 0.303 e. The fourth-order valence-corrected chi connectivity index (χ4v) is 7.33. The summed E-state index contributed by atoms with van der Waals surface area (Å²) in [6, 6.07) is 15.2. The zero-order chi connectivity index (χ0) is 31.8. The number of ether oxygens (including phenoxy) is 1. The third-order valence-electron chi connectivity index (χ3n) is 9.36. The van der Waals surface area contributed by atoms with Crippen LogP contribution in [-0.2, 0) is 20.9 Å². The van der Waals surface area contributed by atoms with Crippen LogP contribution in [0.4, 0.5) is 4.39 Å². The van der Waals surface area contributed by atoms with Crippen LogP contribution in [0.1, 0.15) is 90.5 Å². The summed E-state index contributed by atoms with van der Waals surface area (Å²) >= 11 is 12.4. The van der Waals surface area contributed by atoms with Gasteiger partial charge in [-0.2, -0.15) is 0 Å². The van der Waals surface area contributed by atoms with Gasteiger partial charge in [0.15, 0.2) is 5.72 Å². The van der Waals surface area contributed by atoms with E-state index in [1.807, 2.05) is 6.92 Å². The number of halogens is 3. The fraction of sp³-hybridized carbons (Fsp3) is 0.412. The molecule has 2 aliphatic rings. The topological polar surface area (TPSA) is 107 Å². The van der Waals surface area contributed by atoms with Crippen molar-refractivity contribution < 1.29 is 34.0 Å². The highest BCUT2D eigenvalue weighted by Gasteiger charge is 2.57. The van der Waals surface area contributed by atoms with E-state index in [4.69, 9.17) is 27.9 Å². The van der Waals surface area contributed by atoms with Gasteiger partial charge in [0.2, 0.25) is 0 Å². The van der Waals surface area contributed by atoms with Gasteiger partial charge in [0.25, 0.3) is 5.91 Å². The van der Waals surface area contributed by atoms with Crippen molar-refractivity contribution in [3.05, 3.63) is 104 Å². The Morgan fingerprint density at radius 2 is 1.66 bits per heavy atom. The Morgan fingerprint density at radius 1 is 1.07 bits per heavy atom. The van der Waals surface area contributed by atoms with Crippen molar-refractivity contribution >= 4 is 35.1 Å². The lowest BCUT2D eigenvalue weighted by Gasteiger charge is -2.43. The Kier molecular flexibility index (Phi) is 9.40. The minimum atomic E-state index is -1.79. The number of aliphatic hydroxyl groups excluding tert-OH is 1. The van der Waals surface area contributed by atoms with E-state index in [1.165, 1.54) is 18.1 Å². The second kappa shape index (κ2) is 12.8. The molecule has 1 heterocycles. The molecule has 3 N–H and O–H groups in total. The van der Waals surface area contributed by atoms with Crippen molar-refractivity contribution in [3.8, 4) is 0 Å². The number of amides is 1. The highest BCUT2D eigenvalue weighted by molar-refractivity contribution is 6.30. The zero-order valence-corrected chi connectivity index (χ0v) is 26.1. The molecule has 0 aromatic heterocycles. The van der Waals surface area contributed by atoms with Crippen LogP contribution in [0.5, 0.6) is 0 Å². The van der Waals surface area contributed by atoms with Gasteiger partial charge in [-0.1, -0.05) is 54.4 Å². The van der Waals surface area contributed by atoms with E-state index in [9.17, 15) is 24.9 Å². The van der Waals surface area contributed by atoms with Crippen molar-refractivity contribution in [1.82, 2.24) is 4.90 Å². The second-order valence-electron chi connectivity index (χ2n) is 11.7. The Labute approximate surface area is 266 Å². The van der Waals surface area contributed by atoms with Crippen molar-refractivity contribution in [2.45, 2.75) is 75.3 Å². The molecular weight excluding hydrogens is 608 g/mol. The van der Waals surface area contributed by atoms with Gasteiger partial charge in [0, 0.05) is 29.1 Å². The van der Waals surface area contributed by atoms with Gasteiger partial charge in [-0.15, -0.1) is 0 Å².